The second kappa shape index (κ2) is 28.7. The van der Waals surface area contributed by atoms with Gasteiger partial charge in [-0.1, -0.05) is 181 Å². The SMILES string of the molecule is CCCCCCCCCCCCCCCCOC[C@H](CCS(=O)(=O)C1C[C@@H](OCc2ccccc2)[C@H](OCc2ccccc2)[C@@H](COCc2ccccc2)O1)OC. The van der Waals surface area contributed by atoms with Crippen molar-refractivity contribution in [1.82, 2.24) is 0 Å². The molecule has 0 bridgehead atoms. The maximum absolute atomic E-state index is 14.0. The van der Waals surface area contributed by atoms with Crippen molar-refractivity contribution in [2.45, 2.75) is 159 Å². The van der Waals surface area contributed by atoms with Crippen LogP contribution in [0.5, 0.6) is 0 Å². The van der Waals surface area contributed by atoms with Gasteiger partial charge in [-0.2, -0.15) is 0 Å². The molecule has 57 heavy (non-hydrogen) atoms. The molecule has 0 N–H and O–H groups in total. The van der Waals surface area contributed by atoms with Crippen molar-refractivity contribution in [3.8, 4) is 0 Å². The summed E-state index contributed by atoms with van der Waals surface area (Å²) in [5.74, 6) is -0.0864. The fraction of sp³-hybridized carbons (Fsp3) is 0.625. The van der Waals surface area contributed by atoms with Crippen LogP contribution in [0.4, 0.5) is 0 Å². The zero-order chi connectivity index (χ0) is 40.2. The third-order valence-electron chi connectivity index (χ3n) is 10.9. The first-order valence-electron chi connectivity index (χ1n) is 21.9. The summed E-state index contributed by atoms with van der Waals surface area (Å²) >= 11 is 0. The van der Waals surface area contributed by atoms with E-state index in [4.69, 9.17) is 28.4 Å². The lowest BCUT2D eigenvalue weighted by Crippen LogP contribution is -2.54. The quantitative estimate of drug-likeness (QED) is 0.0576. The molecule has 0 aliphatic carbocycles. The number of methoxy groups -OCH3 is 1. The van der Waals surface area contributed by atoms with Gasteiger partial charge in [0.2, 0.25) is 0 Å². The summed E-state index contributed by atoms with van der Waals surface area (Å²) in [6.45, 7) is 4.48. The highest BCUT2D eigenvalue weighted by molar-refractivity contribution is 7.91. The fourth-order valence-corrected chi connectivity index (χ4v) is 9.00. The molecule has 8 nitrogen and oxygen atoms in total. The monoisotopic (exact) mass is 808 g/mol. The first kappa shape index (κ1) is 47.1. The molecule has 0 spiro atoms. The topological polar surface area (TPSA) is 89.5 Å². The number of unbranched alkanes of at least 4 members (excludes halogenated alkanes) is 13. The summed E-state index contributed by atoms with van der Waals surface area (Å²) in [6, 6.07) is 29.7. The lowest BCUT2D eigenvalue weighted by molar-refractivity contribution is -0.205. The summed E-state index contributed by atoms with van der Waals surface area (Å²) < 4.78 is 65.3. The first-order chi connectivity index (χ1) is 28.0. The van der Waals surface area contributed by atoms with E-state index < -0.39 is 33.6 Å². The third kappa shape index (κ3) is 19.3. The number of hydrogen-bond acceptors (Lipinski definition) is 8. The molecule has 1 saturated heterocycles. The van der Waals surface area contributed by atoms with E-state index in [1.165, 1.54) is 77.0 Å². The summed E-state index contributed by atoms with van der Waals surface area (Å²) in [6.07, 6.45) is 16.8. The molecule has 0 amide bonds. The van der Waals surface area contributed by atoms with Gasteiger partial charge in [0.25, 0.3) is 0 Å². The molecule has 3 aromatic rings. The minimum absolute atomic E-state index is 0.0864. The maximum atomic E-state index is 14.0. The largest absolute Gasteiger partial charge is 0.379 e. The Morgan fingerprint density at radius 1 is 0.632 bits per heavy atom. The normalized spacial score (nSPS) is 19.1. The van der Waals surface area contributed by atoms with Crippen LogP contribution >= 0.6 is 0 Å². The Balaban J connectivity index is 1.25. The lowest BCUT2D eigenvalue weighted by Gasteiger charge is -2.41. The average Bonchev–Trinajstić information content (AvgIpc) is 3.24. The van der Waals surface area contributed by atoms with Crippen LogP contribution in [0.1, 0.15) is 126 Å². The smallest absolute Gasteiger partial charge is 0.177 e. The molecule has 4 rings (SSSR count). The molecular formula is C48H72O8S. The molecule has 9 heteroatoms. The molecule has 1 heterocycles. The van der Waals surface area contributed by atoms with Crippen molar-refractivity contribution in [2.24, 2.45) is 0 Å². The summed E-state index contributed by atoms with van der Waals surface area (Å²) in [4.78, 5) is 0. The number of hydrogen-bond donors (Lipinski definition) is 0. The van der Waals surface area contributed by atoms with Crippen LogP contribution < -0.4 is 0 Å². The maximum Gasteiger partial charge on any atom is 0.177 e. The molecule has 0 saturated carbocycles. The van der Waals surface area contributed by atoms with Crippen LogP contribution in [-0.2, 0) is 58.1 Å². The van der Waals surface area contributed by atoms with Crippen molar-refractivity contribution in [3.05, 3.63) is 108 Å². The number of rotatable bonds is 32. The molecule has 0 aromatic heterocycles. The Kier molecular flexibility index (Phi) is 23.7. The predicted octanol–water partition coefficient (Wildman–Crippen LogP) is 10.8. The van der Waals surface area contributed by atoms with Crippen molar-refractivity contribution < 1.29 is 36.8 Å². The Morgan fingerprint density at radius 3 is 1.65 bits per heavy atom. The molecule has 5 atom stereocenters. The van der Waals surface area contributed by atoms with Gasteiger partial charge >= 0.3 is 0 Å². The van der Waals surface area contributed by atoms with E-state index in [9.17, 15) is 8.42 Å². The Morgan fingerprint density at radius 2 is 1.12 bits per heavy atom. The molecule has 1 unspecified atom stereocenters. The zero-order valence-electron chi connectivity index (χ0n) is 35.0. The summed E-state index contributed by atoms with van der Waals surface area (Å²) in [5, 5.41) is 0. The second-order valence-corrected chi connectivity index (χ2v) is 17.9. The molecule has 1 aliphatic rings. The van der Waals surface area contributed by atoms with E-state index in [0.29, 0.717) is 39.5 Å². The highest BCUT2D eigenvalue weighted by Gasteiger charge is 2.45. The minimum atomic E-state index is -3.71. The van der Waals surface area contributed by atoms with E-state index in [2.05, 4.69) is 6.92 Å². The highest BCUT2D eigenvalue weighted by atomic mass is 32.2. The van der Waals surface area contributed by atoms with Crippen LogP contribution in [0.2, 0.25) is 0 Å². The van der Waals surface area contributed by atoms with Crippen molar-refractivity contribution >= 4 is 9.84 Å². The molecule has 0 radical (unpaired) electrons. The van der Waals surface area contributed by atoms with Gasteiger partial charge < -0.3 is 28.4 Å². The van der Waals surface area contributed by atoms with Crippen molar-refractivity contribution in [1.29, 1.82) is 0 Å². The molecule has 1 aliphatic heterocycles. The van der Waals surface area contributed by atoms with E-state index in [-0.39, 0.29) is 24.9 Å². The fourth-order valence-electron chi connectivity index (χ4n) is 7.36. The van der Waals surface area contributed by atoms with Crippen molar-refractivity contribution in [3.63, 3.8) is 0 Å². The molecule has 1 fully saturated rings. The Labute approximate surface area is 345 Å². The van der Waals surface area contributed by atoms with Gasteiger partial charge in [0.15, 0.2) is 15.3 Å². The van der Waals surface area contributed by atoms with E-state index in [0.717, 1.165) is 29.5 Å². The van der Waals surface area contributed by atoms with Crippen LogP contribution in [0, 0.1) is 0 Å². The van der Waals surface area contributed by atoms with Crippen LogP contribution in [0.3, 0.4) is 0 Å². The number of benzene rings is 3. The van der Waals surface area contributed by atoms with Gasteiger partial charge in [0.05, 0.1) is 51.0 Å². The molecule has 318 valence electrons. The van der Waals surface area contributed by atoms with Crippen LogP contribution in [0.15, 0.2) is 91.0 Å². The summed E-state index contributed by atoms with van der Waals surface area (Å²) in [7, 11) is -2.10. The average molecular weight is 809 g/mol. The van der Waals surface area contributed by atoms with Gasteiger partial charge in [0, 0.05) is 20.1 Å². The number of sulfone groups is 1. The second-order valence-electron chi connectivity index (χ2n) is 15.6. The summed E-state index contributed by atoms with van der Waals surface area (Å²) in [5.41, 5.74) is 1.96. The van der Waals surface area contributed by atoms with E-state index in [1.807, 2.05) is 91.0 Å². The van der Waals surface area contributed by atoms with Gasteiger partial charge in [-0.25, -0.2) is 8.42 Å². The van der Waals surface area contributed by atoms with Crippen molar-refractivity contribution in [2.75, 3.05) is 32.7 Å². The molecule has 3 aromatic carbocycles. The standard InChI is InChI=1S/C48H72O8S/c1-3-4-5-6-7-8-9-10-11-12-13-14-15-25-33-52-39-44(51-2)32-34-57(49,50)47-35-45(54-37-42-28-21-17-22-29-42)48(55-38-43-30-23-18-24-31-43)46(56-47)40-53-36-41-26-19-16-20-27-41/h16-24,26-31,44-48H,3-15,25,32-40H2,1-2H3/t44-,45+,46+,47?,48-/m0/s1. The minimum Gasteiger partial charge on any atom is -0.379 e. The van der Waals surface area contributed by atoms with Gasteiger partial charge in [-0.05, 0) is 29.5 Å². The molecular weight excluding hydrogens is 737 g/mol. The van der Waals surface area contributed by atoms with Gasteiger partial charge in [-0.15, -0.1) is 0 Å². The van der Waals surface area contributed by atoms with Crippen LogP contribution in [0.25, 0.3) is 0 Å². The predicted molar refractivity (Wildman–Crippen MR) is 230 cm³/mol. The van der Waals surface area contributed by atoms with E-state index >= 15 is 0 Å². The van der Waals surface area contributed by atoms with Gasteiger partial charge in [-0.3, -0.25) is 0 Å². The van der Waals surface area contributed by atoms with E-state index in [1.54, 1.807) is 7.11 Å². The van der Waals surface area contributed by atoms with Gasteiger partial charge in [0.1, 0.15) is 12.2 Å². The third-order valence-corrected chi connectivity index (χ3v) is 12.8. The first-order valence-corrected chi connectivity index (χ1v) is 23.6. The Hall–Kier alpha value is -2.63. The highest BCUT2D eigenvalue weighted by Crippen LogP contribution is 2.31. The number of ether oxygens (including phenoxy) is 6. The lowest BCUT2D eigenvalue weighted by atomic mass is 10.0. The Bertz CT molecular complexity index is 1510. The van der Waals surface area contributed by atoms with Crippen LogP contribution in [-0.4, -0.2) is 71.0 Å². The zero-order valence-corrected chi connectivity index (χ0v) is 35.8.